The normalized spacial score (nSPS) is 17.0. The highest BCUT2D eigenvalue weighted by atomic mass is 19.1. The van der Waals surface area contributed by atoms with Gasteiger partial charge in [-0.25, -0.2) is 4.39 Å². The fourth-order valence-electron chi connectivity index (χ4n) is 2.72. The van der Waals surface area contributed by atoms with E-state index in [1.54, 1.807) is 18.2 Å². The molecule has 1 amide bonds. The van der Waals surface area contributed by atoms with Gasteiger partial charge in [0.05, 0.1) is 12.4 Å². The number of nitrogens with zero attached hydrogens (tertiary/aromatic N) is 1. The molecule has 0 bridgehead atoms. The van der Waals surface area contributed by atoms with E-state index in [4.69, 9.17) is 9.15 Å². The van der Waals surface area contributed by atoms with Crippen molar-refractivity contribution >= 4 is 11.7 Å². The quantitative estimate of drug-likeness (QED) is 0.603. The lowest BCUT2D eigenvalue weighted by molar-refractivity contribution is -0.128. The molecule has 1 atom stereocenters. The number of hydrogen-bond donors (Lipinski definition) is 0. The van der Waals surface area contributed by atoms with Gasteiger partial charge < -0.3 is 14.1 Å². The van der Waals surface area contributed by atoms with E-state index in [9.17, 15) is 14.0 Å². The number of Topliss-reactive ketones (excluding diaryl/α,β-unsaturated/α-hetero) is 1. The first-order chi connectivity index (χ1) is 11.6. The Balaban J connectivity index is 1.76. The van der Waals surface area contributed by atoms with E-state index < -0.39 is 11.7 Å². The fourth-order valence-corrected chi connectivity index (χ4v) is 2.72. The third-order valence-corrected chi connectivity index (χ3v) is 3.96. The van der Waals surface area contributed by atoms with Gasteiger partial charge in [0.2, 0.25) is 0 Å². The van der Waals surface area contributed by atoms with Crippen molar-refractivity contribution in [2.24, 2.45) is 0 Å². The summed E-state index contributed by atoms with van der Waals surface area (Å²) in [6, 6.07) is 8.88. The molecule has 3 rings (SSSR count). The molecule has 0 spiro atoms. The van der Waals surface area contributed by atoms with E-state index >= 15 is 0 Å². The lowest BCUT2D eigenvalue weighted by Crippen LogP contribution is -2.40. The minimum atomic E-state index is -0.694. The molecule has 1 aliphatic rings. The van der Waals surface area contributed by atoms with E-state index in [1.807, 2.05) is 0 Å². The second-order valence-corrected chi connectivity index (χ2v) is 5.75. The number of rotatable bonds is 6. The van der Waals surface area contributed by atoms with Crippen molar-refractivity contribution < 1.29 is 23.1 Å². The number of ketones is 1. The van der Waals surface area contributed by atoms with Crippen LogP contribution in [0.4, 0.5) is 4.39 Å². The van der Waals surface area contributed by atoms with E-state index in [0.29, 0.717) is 13.2 Å². The summed E-state index contributed by atoms with van der Waals surface area (Å²) in [7, 11) is 0. The van der Waals surface area contributed by atoms with Crippen molar-refractivity contribution in [2.45, 2.75) is 25.5 Å². The fraction of sp³-hybridized carbons (Fsp3) is 0.333. The average molecular weight is 331 g/mol. The van der Waals surface area contributed by atoms with Crippen LogP contribution in [0.5, 0.6) is 0 Å². The molecule has 0 aliphatic carbocycles. The van der Waals surface area contributed by atoms with Gasteiger partial charge in [-0.1, -0.05) is 12.1 Å². The molecule has 1 aromatic heterocycles. The van der Waals surface area contributed by atoms with Crippen molar-refractivity contribution in [3.63, 3.8) is 0 Å². The van der Waals surface area contributed by atoms with Gasteiger partial charge in [0.25, 0.3) is 11.7 Å². The summed E-state index contributed by atoms with van der Waals surface area (Å²) in [6.07, 6.45) is 3.06. The second-order valence-electron chi connectivity index (χ2n) is 5.75. The Bertz CT molecular complexity index is 690. The lowest BCUT2D eigenvalue weighted by Gasteiger charge is -2.24. The van der Waals surface area contributed by atoms with Crippen LogP contribution in [-0.4, -0.2) is 35.8 Å². The number of halogens is 1. The summed E-state index contributed by atoms with van der Waals surface area (Å²) in [4.78, 5) is 26.3. The molecule has 0 unspecified atom stereocenters. The van der Waals surface area contributed by atoms with Gasteiger partial charge in [0.15, 0.2) is 5.76 Å². The van der Waals surface area contributed by atoms with Crippen molar-refractivity contribution in [1.29, 1.82) is 0 Å². The predicted molar refractivity (Wildman–Crippen MR) is 83.8 cm³/mol. The molecule has 6 heteroatoms. The summed E-state index contributed by atoms with van der Waals surface area (Å²) in [5.41, 5.74) is 0.745. The predicted octanol–water partition coefficient (Wildman–Crippen LogP) is 2.81. The Kier molecular flexibility index (Phi) is 5.05. The number of amides is 1. The monoisotopic (exact) mass is 331 g/mol. The molecule has 1 aromatic carbocycles. The third-order valence-electron chi connectivity index (χ3n) is 3.96. The summed E-state index contributed by atoms with van der Waals surface area (Å²) >= 11 is 0. The van der Waals surface area contributed by atoms with Crippen LogP contribution in [-0.2, 0) is 16.1 Å². The van der Waals surface area contributed by atoms with Crippen LogP contribution in [0.1, 0.15) is 29.0 Å². The molecule has 5 nitrogen and oxygen atoms in total. The maximum atomic E-state index is 13.1. The molecule has 1 aliphatic heterocycles. The molecule has 126 valence electrons. The molecule has 1 fully saturated rings. The van der Waals surface area contributed by atoms with Crippen molar-refractivity contribution in [2.75, 3.05) is 13.2 Å². The summed E-state index contributed by atoms with van der Waals surface area (Å²) in [5, 5.41) is 0. The first kappa shape index (κ1) is 16.4. The number of hydrogen-bond acceptors (Lipinski definition) is 4. The Hall–Kier alpha value is -2.47. The number of carbonyl (C=O) groups excluding carboxylic acids is 2. The SMILES string of the molecule is O=C(C(=O)N(Cc1ccc(F)cc1)C[C@@H]1CCCO1)c1ccco1. The zero-order valence-electron chi connectivity index (χ0n) is 13.1. The van der Waals surface area contributed by atoms with Gasteiger partial charge in [0, 0.05) is 19.7 Å². The Labute approximate surface area is 139 Å². The van der Waals surface area contributed by atoms with Gasteiger partial charge in [-0.3, -0.25) is 9.59 Å². The minimum Gasteiger partial charge on any atom is -0.461 e. The van der Waals surface area contributed by atoms with Crippen molar-refractivity contribution in [1.82, 2.24) is 4.90 Å². The Morgan fingerprint density at radius 2 is 2.00 bits per heavy atom. The average Bonchev–Trinajstić information content (AvgIpc) is 3.28. The summed E-state index contributed by atoms with van der Waals surface area (Å²) < 4.78 is 23.7. The molecule has 2 heterocycles. The van der Waals surface area contributed by atoms with E-state index in [2.05, 4.69) is 0 Å². The van der Waals surface area contributed by atoms with Crippen LogP contribution in [0.2, 0.25) is 0 Å². The van der Waals surface area contributed by atoms with Gasteiger partial charge in [-0.2, -0.15) is 0 Å². The van der Waals surface area contributed by atoms with Crippen LogP contribution in [0.15, 0.2) is 47.1 Å². The van der Waals surface area contributed by atoms with Crippen LogP contribution in [0, 0.1) is 5.82 Å². The molecule has 0 radical (unpaired) electrons. The molecular formula is C18H18FNO4. The highest BCUT2D eigenvalue weighted by molar-refractivity contribution is 6.41. The van der Waals surface area contributed by atoms with Crippen LogP contribution < -0.4 is 0 Å². The first-order valence-electron chi connectivity index (χ1n) is 7.86. The number of carbonyl (C=O) groups is 2. The zero-order chi connectivity index (χ0) is 16.9. The van der Waals surface area contributed by atoms with Crippen LogP contribution >= 0.6 is 0 Å². The number of furan rings is 1. The maximum Gasteiger partial charge on any atom is 0.298 e. The van der Waals surface area contributed by atoms with Gasteiger partial charge in [-0.15, -0.1) is 0 Å². The molecule has 1 saturated heterocycles. The minimum absolute atomic E-state index is 0.0106. The highest BCUT2D eigenvalue weighted by Gasteiger charge is 2.28. The van der Waals surface area contributed by atoms with Crippen molar-refractivity contribution in [3.05, 3.63) is 59.8 Å². The number of ether oxygens (including phenoxy) is 1. The summed E-state index contributed by atoms with van der Waals surface area (Å²) in [6.45, 7) is 1.20. The number of benzene rings is 1. The van der Waals surface area contributed by atoms with E-state index in [-0.39, 0.29) is 24.2 Å². The highest BCUT2D eigenvalue weighted by Crippen LogP contribution is 2.17. The smallest absolute Gasteiger partial charge is 0.298 e. The molecule has 2 aromatic rings. The Morgan fingerprint density at radius 3 is 2.62 bits per heavy atom. The first-order valence-corrected chi connectivity index (χ1v) is 7.86. The summed E-state index contributed by atoms with van der Waals surface area (Å²) in [5.74, 6) is -1.68. The van der Waals surface area contributed by atoms with Gasteiger partial charge >= 0.3 is 0 Å². The van der Waals surface area contributed by atoms with Crippen LogP contribution in [0.25, 0.3) is 0 Å². The maximum absolute atomic E-state index is 13.1. The van der Waals surface area contributed by atoms with E-state index in [1.165, 1.54) is 29.4 Å². The molecule has 0 N–H and O–H groups in total. The van der Waals surface area contributed by atoms with Crippen LogP contribution in [0.3, 0.4) is 0 Å². The zero-order valence-corrected chi connectivity index (χ0v) is 13.1. The van der Waals surface area contributed by atoms with Gasteiger partial charge in [0.1, 0.15) is 5.82 Å². The molecular weight excluding hydrogens is 313 g/mol. The standard InChI is InChI=1S/C18H18FNO4/c19-14-7-5-13(6-8-14)11-20(12-15-3-1-9-23-15)18(22)17(21)16-4-2-10-24-16/h2,4-8,10,15H,1,3,9,11-12H2/t15-/m0/s1. The molecule has 24 heavy (non-hydrogen) atoms. The third kappa shape index (κ3) is 3.89. The molecule has 0 saturated carbocycles. The van der Waals surface area contributed by atoms with Crippen molar-refractivity contribution in [3.8, 4) is 0 Å². The largest absolute Gasteiger partial charge is 0.461 e. The lowest BCUT2D eigenvalue weighted by atomic mass is 10.1. The Morgan fingerprint density at radius 1 is 1.21 bits per heavy atom. The second kappa shape index (κ2) is 7.40. The van der Waals surface area contributed by atoms with Gasteiger partial charge in [-0.05, 0) is 42.7 Å². The topological polar surface area (TPSA) is 59.8 Å². The van der Waals surface area contributed by atoms with E-state index in [0.717, 1.165) is 18.4 Å².